The van der Waals surface area contributed by atoms with Gasteiger partial charge in [0, 0.05) is 5.56 Å². The molecule has 1 rings (SSSR count). The van der Waals surface area contributed by atoms with Crippen LogP contribution in [0.3, 0.4) is 0 Å². The van der Waals surface area contributed by atoms with Crippen LogP contribution in [-0.2, 0) is 0 Å². The first kappa shape index (κ1) is 18.2. The first-order valence-corrected chi connectivity index (χ1v) is 5.50. The van der Waals surface area contributed by atoms with Crippen molar-refractivity contribution in [1.82, 2.24) is 0 Å². The van der Waals surface area contributed by atoms with Crippen LogP contribution in [0.4, 0.5) is 0 Å². The van der Waals surface area contributed by atoms with Crippen LogP contribution < -0.4 is 14.2 Å². The second-order valence-corrected chi connectivity index (χ2v) is 4.01. The third-order valence-corrected chi connectivity index (χ3v) is 3.12. The Morgan fingerprint density at radius 2 is 1.50 bits per heavy atom. The standard InChI is InChI=1S/C11H13BrO5.K.H/c1-5-8(15-2)6(11(13)14)7(12)10(17-4)9(5)16-3;;/h1-4H3,(H,13,14);;. The Kier molecular flexibility index (Phi) is 7.80. The number of halogens is 1. The van der Waals surface area contributed by atoms with Crippen LogP contribution in [0.5, 0.6) is 17.2 Å². The minimum absolute atomic E-state index is 0. The Balaban J connectivity index is 0.00000289. The average Bonchev–Trinajstić information content (AvgIpc) is 2.29. The maximum absolute atomic E-state index is 11.2. The van der Waals surface area contributed by atoms with Crippen molar-refractivity contribution in [2.24, 2.45) is 0 Å². The molecule has 0 amide bonds. The van der Waals surface area contributed by atoms with Crippen molar-refractivity contribution >= 4 is 73.3 Å². The zero-order valence-corrected chi connectivity index (χ0v) is 11.5. The quantitative estimate of drug-likeness (QED) is 0.844. The molecule has 18 heavy (non-hydrogen) atoms. The molecular formula is C11H14BrKO5. The van der Waals surface area contributed by atoms with Crippen LogP contribution in [0.2, 0.25) is 0 Å². The normalized spacial score (nSPS) is 9.39. The SMILES string of the molecule is COc1c(C)c(OC)c(C(=O)O)c(Br)c1OC.[KH]. The molecule has 0 aromatic heterocycles. The van der Waals surface area contributed by atoms with Gasteiger partial charge in [0.25, 0.3) is 0 Å². The summed E-state index contributed by atoms with van der Waals surface area (Å²) < 4.78 is 15.8. The van der Waals surface area contributed by atoms with Gasteiger partial charge in [0.2, 0.25) is 0 Å². The van der Waals surface area contributed by atoms with E-state index in [1.54, 1.807) is 6.92 Å². The molecule has 0 bridgehead atoms. The van der Waals surface area contributed by atoms with E-state index in [0.29, 0.717) is 21.5 Å². The zero-order valence-electron chi connectivity index (χ0n) is 9.96. The molecule has 1 aromatic rings. The van der Waals surface area contributed by atoms with E-state index in [2.05, 4.69) is 15.9 Å². The summed E-state index contributed by atoms with van der Waals surface area (Å²) in [6.07, 6.45) is 0. The molecule has 5 nitrogen and oxygen atoms in total. The zero-order chi connectivity index (χ0) is 13.2. The summed E-state index contributed by atoms with van der Waals surface area (Å²) in [5.41, 5.74) is 0.593. The summed E-state index contributed by atoms with van der Waals surface area (Å²) in [4.78, 5) is 11.2. The number of hydrogen-bond acceptors (Lipinski definition) is 4. The van der Waals surface area contributed by atoms with E-state index in [0.717, 1.165) is 0 Å². The van der Waals surface area contributed by atoms with E-state index in [1.807, 2.05) is 0 Å². The number of benzene rings is 1. The Hall–Kier alpha value is 0.206. The maximum atomic E-state index is 11.2. The predicted octanol–water partition coefficient (Wildman–Crippen LogP) is 1.83. The molecule has 0 saturated carbocycles. The van der Waals surface area contributed by atoms with E-state index in [-0.39, 0.29) is 62.7 Å². The number of carbonyl (C=O) groups is 1. The van der Waals surface area contributed by atoms with Gasteiger partial charge in [0.15, 0.2) is 11.5 Å². The van der Waals surface area contributed by atoms with Crippen LogP contribution in [0.1, 0.15) is 15.9 Å². The number of hydrogen-bond donors (Lipinski definition) is 1. The van der Waals surface area contributed by atoms with Crippen LogP contribution >= 0.6 is 15.9 Å². The summed E-state index contributed by atoms with van der Waals surface area (Å²) in [5, 5.41) is 9.18. The van der Waals surface area contributed by atoms with Crippen molar-refractivity contribution in [1.29, 1.82) is 0 Å². The predicted molar refractivity (Wildman–Crippen MR) is 72.6 cm³/mol. The van der Waals surface area contributed by atoms with Crippen LogP contribution in [0.25, 0.3) is 0 Å². The van der Waals surface area contributed by atoms with Crippen molar-refractivity contribution in [3.63, 3.8) is 0 Å². The average molecular weight is 345 g/mol. The summed E-state index contributed by atoms with van der Waals surface area (Å²) in [5.74, 6) is -0.0655. The third-order valence-electron chi connectivity index (χ3n) is 2.36. The fourth-order valence-electron chi connectivity index (χ4n) is 1.65. The molecule has 0 atom stereocenters. The number of aromatic carboxylic acids is 1. The van der Waals surface area contributed by atoms with E-state index < -0.39 is 5.97 Å². The van der Waals surface area contributed by atoms with Crippen molar-refractivity contribution < 1.29 is 24.1 Å². The number of ether oxygens (including phenoxy) is 3. The van der Waals surface area contributed by atoms with Gasteiger partial charge in [-0.05, 0) is 22.9 Å². The molecule has 0 spiro atoms. The fourth-order valence-corrected chi connectivity index (χ4v) is 2.34. The molecule has 7 heteroatoms. The van der Waals surface area contributed by atoms with Gasteiger partial charge in [0.05, 0.1) is 25.8 Å². The second-order valence-electron chi connectivity index (χ2n) is 3.22. The van der Waals surface area contributed by atoms with E-state index >= 15 is 0 Å². The molecule has 1 aromatic carbocycles. The van der Waals surface area contributed by atoms with Gasteiger partial charge >= 0.3 is 57.4 Å². The van der Waals surface area contributed by atoms with Gasteiger partial charge < -0.3 is 19.3 Å². The van der Waals surface area contributed by atoms with Gasteiger partial charge in [0.1, 0.15) is 11.3 Å². The van der Waals surface area contributed by atoms with Gasteiger partial charge in [-0.1, -0.05) is 0 Å². The Morgan fingerprint density at radius 1 is 1.06 bits per heavy atom. The van der Waals surface area contributed by atoms with Crippen molar-refractivity contribution in [3.05, 3.63) is 15.6 Å². The first-order valence-electron chi connectivity index (χ1n) is 4.70. The molecule has 0 aliphatic heterocycles. The van der Waals surface area contributed by atoms with E-state index in [9.17, 15) is 9.90 Å². The Bertz CT molecular complexity index is 461. The number of carboxylic acids is 1. The topological polar surface area (TPSA) is 65.0 Å². The Morgan fingerprint density at radius 3 is 1.83 bits per heavy atom. The molecule has 96 valence electrons. The molecule has 0 aliphatic carbocycles. The molecule has 0 unspecified atom stereocenters. The van der Waals surface area contributed by atoms with Crippen molar-refractivity contribution in [3.8, 4) is 17.2 Å². The fraction of sp³-hybridized carbons (Fsp3) is 0.364. The minimum atomic E-state index is -1.10. The molecule has 0 saturated heterocycles. The van der Waals surface area contributed by atoms with Crippen molar-refractivity contribution in [2.45, 2.75) is 6.92 Å². The number of carboxylic acid groups (broad SMARTS) is 1. The number of rotatable bonds is 4. The second kappa shape index (κ2) is 7.71. The van der Waals surface area contributed by atoms with Gasteiger partial charge in [-0.15, -0.1) is 0 Å². The molecule has 0 heterocycles. The van der Waals surface area contributed by atoms with Crippen LogP contribution in [-0.4, -0.2) is 83.8 Å². The summed E-state index contributed by atoms with van der Waals surface area (Å²) >= 11 is 3.19. The Labute approximate surface area is 156 Å². The van der Waals surface area contributed by atoms with E-state index in [1.165, 1.54) is 21.3 Å². The van der Waals surface area contributed by atoms with Gasteiger partial charge in [-0.3, -0.25) is 0 Å². The third kappa shape index (κ3) is 3.20. The summed E-state index contributed by atoms with van der Waals surface area (Å²) in [6.45, 7) is 1.71. The van der Waals surface area contributed by atoms with Gasteiger partial charge in [-0.2, -0.15) is 0 Å². The van der Waals surface area contributed by atoms with Crippen LogP contribution in [0, 0.1) is 6.92 Å². The van der Waals surface area contributed by atoms with Gasteiger partial charge in [-0.25, -0.2) is 4.79 Å². The molecular weight excluding hydrogens is 331 g/mol. The molecule has 1 N–H and O–H groups in total. The number of methoxy groups -OCH3 is 3. The van der Waals surface area contributed by atoms with E-state index in [4.69, 9.17) is 14.2 Å². The molecule has 0 fully saturated rings. The van der Waals surface area contributed by atoms with Crippen LogP contribution in [0.15, 0.2) is 4.47 Å². The monoisotopic (exact) mass is 344 g/mol. The summed E-state index contributed by atoms with van der Waals surface area (Å²) in [7, 11) is 4.34. The first-order chi connectivity index (χ1) is 7.99. The molecule has 0 aliphatic rings. The van der Waals surface area contributed by atoms with Crippen molar-refractivity contribution in [2.75, 3.05) is 21.3 Å². The molecule has 0 radical (unpaired) electrons. The summed E-state index contributed by atoms with van der Waals surface area (Å²) in [6, 6.07) is 0.